The van der Waals surface area contributed by atoms with E-state index in [-0.39, 0.29) is 12.0 Å². The summed E-state index contributed by atoms with van der Waals surface area (Å²) in [6.07, 6.45) is 0.541. The number of carbonyl (C=O) groups excluding carboxylic acids is 2. The molecular formula is C21H20N2O4. The van der Waals surface area contributed by atoms with Crippen molar-refractivity contribution in [2.75, 3.05) is 14.2 Å². The number of aromatic amines is 1. The highest BCUT2D eigenvalue weighted by atomic mass is 16.5. The van der Waals surface area contributed by atoms with Gasteiger partial charge in [0.05, 0.1) is 25.8 Å². The monoisotopic (exact) mass is 364 g/mol. The number of ether oxygens (including phenoxy) is 2. The lowest BCUT2D eigenvalue weighted by atomic mass is 9.90. The minimum atomic E-state index is -0.464. The zero-order chi connectivity index (χ0) is 19.0. The van der Waals surface area contributed by atoms with Crippen molar-refractivity contribution in [3.63, 3.8) is 0 Å². The maximum Gasteiger partial charge on any atom is 0.337 e. The Morgan fingerprint density at radius 2 is 1.85 bits per heavy atom. The van der Waals surface area contributed by atoms with Gasteiger partial charge in [0, 0.05) is 23.0 Å². The molecule has 1 aliphatic heterocycles. The van der Waals surface area contributed by atoms with Crippen LogP contribution in [0.4, 0.5) is 0 Å². The van der Waals surface area contributed by atoms with Gasteiger partial charge in [-0.1, -0.05) is 30.3 Å². The third kappa shape index (κ3) is 2.98. The van der Waals surface area contributed by atoms with Crippen LogP contribution in [-0.4, -0.2) is 37.2 Å². The van der Waals surface area contributed by atoms with Crippen molar-refractivity contribution in [1.29, 1.82) is 0 Å². The van der Waals surface area contributed by atoms with Gasteiger partial charge < -0.3 is 14.5 Å². The molecule has 6 nitrogen and oxygen atoms in total. The number of aromatic nitrogens is 1. The molecule has 1 aliphatic rings. The van der Waals surface area contributed by atoms with Crippen LogP contribution in [0.15, 0.2) is 48.5 Å². The molecule has 2 N–H and O–H groups in total. The number of hydrogen-bond acceptors (Lipinski definition) is 5. The van der Waals surface area contributed by atoms with Crippen LogP contribution in [-0.2, 0) is 20.7 Å². The molecule has 3 aromatic rings. The van der Waals surface area contributed by atoms with Gasteiger partial charge in [-0.2, -0.15) is 0 Å². The van der Waals surface area contributed by atoms with Gasteiger partial charge >= 0.3 is 11.9 Å². The summed E-state index contributed by atoms with van der Waals surface area (Å²) < 4.78 is 9.80. The summed E-state index contributed by atoms with van der Waals surface area (Å²) in [4.78, 5) is 27.7. The molecule has 0 saturated heterocycles. The molecular weight excluding hydrogens is 344 g/mol. The molecule has 0 saturated carbocycles. The van der Waals surface area contributed by atoms with E-state index in [1.54, 1.807) is 12.1 Å². The second kappa shape index (κ2) is 6.89. The minimum Gasteiger partial charge on any atom is -0.468 e. The van der Waals surface area contributed by atoms with Crippen LogP contribution in [0, 0.1) is 0 Å². The highest BCUT2D eigenvalue weighted by Gasteiger charge is 2.34. The number of nitrogens with one attached hydrogen (secondary N) is 2. The predicted molar refractivity (Wildman–Crippen MR) is 101 cm³/mol. The van der Waals surface area contributed by atoms with Gasteiger partial charge in [0.15, 0.2) is 0 Å². The average Bonchev–Trinajstić information content (AvgIpc) is 3.10. The minimum absolute atomic E-state index is 0.269. The number of carbonyl (C=O) groups is 2. The van der Waals surface area contributed by atoms with E-state index in [0.717, 1.165) is 27.7 Å². The molecule has 2 heterocycles. The summed E-state index contributed by atoms with van der Waals surface area (Å²) in [5, 5.41) is 4.46. The van der Waals surface area contributed by atoms with Crippen molar-refractivity contribution in [3.8, 4) is 0 Å². The Morgan fingerprint density at radius 1 is 1.04 bits per heavy atom. The Bertz CT molecular complexity index is 1020. The molecule has 0 amide bonds. The van der Waals surface area contributed by atoms with E-state index in [1.807, 2.05) is 36.4 Å². The lowest BCUT2D eigenvalue weighted by molar-refractivity contribution is -0.143. The summed E-state index contributed by atoms with van der Waals surface area (Å²) in [6, 6.07) is 14.5. The zero-order valence-electron chi connectivity index (χ0n) is 15.1. The van der Waals surface area contributed by atoms with E-state index in [1.165, 1.54) is 14.2 Å². The van der Waals surface area contributed by atoms with Crippen molar-refractivity contribution >= 4 is 22.8 Å². The zero-order valence-corrected chi connectivity index (χ0v) is 15.1. The van der Waals surface area contributed by atoms with Gasteiger partial charge in [0.25, 0.3) is 0 Å². The van der Waals surface area contributed by atoms with E-state index in [9.17, 15) is 9.59 Å². The van der Waals surface area contributed by atoms with Crippen LogP contribution in [0.2, 0.25) is 0 Å². The molecule has 0 radical (unpaired) electrons. The Kier molecular flexibility index (Phi) is 4.41. The standard InChI is InChI=1S/C21H20N2O4/c1-26-20(24)13-7-5-6-12(10-13)18-19-15(11-17(23-18)21(25)27-2)14-8-3-4-9-16(14)22-19/h3-10,17-18,22-23H,11H2,1-2H3/t17-,18+/m1/s1. The molecule has 0 spiro atoms. The van der Waals surface area contributed by atoms with Crippen molar-refractivity contribution in [2.24, 2.45) is 0 Å². The number of benzene rings is 2. The lowest BCUT2D eigenvalue weighted by Crippen LogP contribution is -2.45. The number of esters is 2. The molecule has 4 rings (SSSR count). The quantitative estimate of drug-likeness (QED) is 0.699. The summed E-state index contributed by atoms with van der Waals surface area (Å²) in [5.41, 5.74) is 4.45. The van der Waals surface area contributed by atoms with E-state index in [2.05, 4.69) is 10.3 Å². The van der Waals surface area contributed by atoms with Crippen LogP contribution >= 0.6 is 0 Å². The SMILES string of the molecule is COC(=O)c1cccc([C@@H]2N[C@@H](C(=O)OC)Cc3c2[nH]c2ccccc32)c1. The van der Waals surface area contributed by atoms with Crippen LogP contribution in [0.3, 0.4) is 0 Å². The molecule has 0 bridgehead atoms. The van der Waals surface area contributed by atoms with Gasteiger partial charge in [0.1, 0.15) is 6.04 Å². The molecule has 2 aromatic carbocycles. The Labute approximate surface area is 156 Å². The van der Waals surface area contributed by atoms with E-state index < -0.39 is 12.0 Å². The summed E-state index contributed by atoms with van der Waals surface area (Å²) in [7, 11) is 2.75. The van der Waals surface area contributed by atoms with Gasteiger partial charge in [-0.25, -0.2) is 4.79 Å². The Hall–Kier alpha value is -3.12. The highest BCUT2D eigenvalue weighted by molar-refractivity contribution is 5.90. The van der Waals surface area contributed by atoms with Gasteiger partial charge in [-0.3, -0.25) is 10.1 Å². The normalized spacial score (nSPS) is 18.7. The topological polar surface area (TPSA) is 80.4 Å². The van der Waals surface area contributed by atoms with Crippen molar-refractivity contribution in [2.45, 2.75) is 18.5 Å². The Balaban J connectivity index is 1.85. The molecule has 0 fully saturated rings. The molecule has 138 valence electrons. The maximum absolute atomic E-state index is 12.3. The van der Waals surface area contributed by atoms with Crippen LogP contribution in [0.1, 0.15) is 33.2 Å². The van der Waals surface area contributed by atoms with E-state index in [4.69, 9.17) is 9.47 Å². The van der Waals surface area contributed by atoms with Crippen LogP contribution < -0.4 is 5.32 Å². The first-order valence-electron chi connectivity index (χ1n) is 8.74. The van der Waals surface area contributed by atoms with Crippen molar-refractivity contribution < 1.29 is 19.1 Å². The fraction of sp³-hybridized carbons (Fsp3) is 0.238. The lowest BCUT2D eigenvalue weighted by Gasteiger charge is -2.30. The summed E-state index contributed by atoms with van der Waals surface area (Å²) in [6.45, 7) is 0. The van der Waals surface area contributed by atoms with Gasteiger partial charge in [-0.15, -0.1) is 0 Å². The Morgan fingerprint density at radius 3 is 2.63 bits per heavy atom. The number of para-hydroxylation sites is 1. The fourth-order valence-electron chi connectivity index (χ4n) is 3.75. The number of methoxy groups -OCH3 is 2. The van der Waals surface area contributed by atoms with E-state index in [0.29, 0.717) is 12.0 Å². The fourth-order valence-corrected chi connectivity index (χ4v) is 3.75. The smallest absolute Gasteiger partial charge is 0.337 e. The first-order valence-corrected chi connectivity index (χ1v) is 8.74. The van der Waals surface area contributed by atoms with Crippen LogP contribution in [0.5, 0.6) is 0 Å². The predicted octanol–water partition coefficient (Wildman–Crippen LogP) is 2.73. The number of fused-ring (bicyclic) bond motifs is 3. The first-order chi connectivity index (χ1) is 13.1. The van der Waals surface area contributed by atoms with Crippen molar-refractivity contribution in [3.05, 3.63) is 70.9 Å². The number of hydrogen-bond donors (Lipinski definition) is 2. The first kappa shape index (κ1) is 17.3. The largest absolute Gasteiger partial charge is 0.468 e. The summed E-state index contributed by atoms with van der Waals surface area (Å²) in [5.74, 6) is -0.700. The maximum atomic E-state index is 12.3. The third-order valence-electron chi connectivity index (χ3n) is 5.04. The summed E-state index contributed by atoms with van der Waals surface area (Å²) >= 11 is 0. The van der Waals surface area contributed by atoms with Gasteiger partial charge in [0.2, 0.25) is 0 Å². The third-order valence-corrected chi connectivity index (χ3v) is 5.04. The van der Waals surface area contributed by atoms with Crippen molar-refractivity contribution in [1.82, 2.24) is 10.3 Å². The molecule has 27 heavy (non-hydrogen) atoms. The molecule has 0 aliphatic carbocycles. The number of rotatable bonds is 3. The molecule has 2 atom stereocenters. The van der Waals surface area contributed by atoms with Gasteiger partial charge in [-0.05, 0) is 29.3 Å². The van der Waals surface area contributed by atoms with Crippen LogP contribution in [0.25, 0.3) is 10.9 Å². The molecule has 6 heteroatoms. The average molecular weight is 364 g/mol. The second-order valence-electron chi connectivity index (χ2n) is 6.56. The molecule has 1 aromatic heterocycles. The number of H-pyrrole nitrogens is 1. The second-order valence-corrected chi connectivity index (χ2v) is 6.56. The highest BCUT2D eigenvalue weighted by Crippen LogP contribution is 2.35. The van der Waals surface area contributed by atoms with E-state index >= 15 is 0 Å². The molecule has 0 unspecified atom stereocenters.